The molecule has 10 N–H and O–H groups in total. The van der Waals surface area contributed by atoms with Crippen molar-refractivity contribution in [3.05, 3.63) is 0 Å². The van der Waals surface area contributed by atoms with Crippen LogP contribution in [0.2, 0.25) is 0 Å². The van der Waals surface area contributed by atoms with E-state index in [1.807, 2.05) is 0 Å². The van der Waals surface area contributed by atoms with Gasteiger partial charge in [-0.15, -0.1) is 0 Å². The number of aliphatic hydroxyl groups is 6. The van der Waals surface area contributed by atoms with Gasteiger partial charge in [-0.2, -0.15) is 33.7 Å². The zero-order valence-corrected chi connectivity index (χ0v) is 41.4. The van der Waals surface area contributed by atoms with E-state index in [9.17, 15) is 82.5 Å². The number of hydrogen-bond donors (Lipinski definition) is 10. The molecule has 4 fully saturated rings. The first kappa shape index (κ1) is 55.8. The van der Waals surface area contributed by atoms with Crippen LogP contribution < -0.4 is 0 Å². The maximum absolute atomic E-state index is 13.5. The van der Waals surface area contributed by atoms with Gasteiger partial charge in [-0.25, -0.2) is 0 Å². The van der Waals surface area contributed by atoms with Crippen molar-refractivity contribution in [1.82, 2.24) is 0 Å². The van der Waals surface area contributed by atoms with Crippen LogP contribution in [0, 0.1) is 17.3 Å². The summed E-state index contributed by atoms with van der Waals surface area (Å²) >= 11 is 0. The van der Waals surface area contributed by atoms with E-state index in [1.165, 1.54) is 69.2 Å². The first-order valence-corrected chi connectivity index (χ1v) is 27.0. The van der Waals surface area contributed by atoms with Crippen molar-refractivity contribution >= 4 is 40.5 Å². The molecule has 26 heteroatoms. The Hall–Kier alpha value is -0.760. The average Bonchev–Trinajstić information content (AvgIpc) is 3.05. The standard InChI is InChI=1S/C38H70O22S4/c1-19-31(5,25(39)29(63(51,52)53)32(6,57-19)16-14-24-28(62(48,49)50)38(12,44)60-21(3)36(24,10)42)17-18-34(8)27(61(45,46)47)23(35(9,41)20(2)58-34)13-15-33(7)30(64(54,55)56)26(40)37(11,43)22(4)59-33/h19-30,39-44H,13-18H2,1-12H3,(H,45,46,47)(H,48,49,50)(H,51,52,53)(H,54,55,56). The molecule has 20 unspecified atom stereocenters. The molecule has 0 amide bonds. The minimum Gasteiger partial charge on any atom is -0.391 e. The molecule has 0 saturated carbocycles. The first-order valence-electron chi connectivity index (χ1n) is 21.0. The van der Waals surface area contributed by atoms with Crippen LogP contribution >= 0.6 is 0 Å². The van der Waals surface area contributed by atoms with Crippen molar-refractivity contribution in [2.45, 2.75) is 219 Å². The van der Waals surface area contributed by atoms with Crippen LogP contribution in [-0.2, 0) is 59.4 Å². The smallest absolute Gasteiger partial charge is 0.273 e. The third kappa shape index (κ3) is 9.85. The Morgan fingerprint density at radius 3 is 1.11 bits per heavy atom. The van der Waals surface area contributed by atoms with E-state index >= 15 is 0 Å². The van der Waals surface area contributed by atoms with Gasteiger partial charge in [-0.3, -0.25) is 18.2 Å². The van der Waals surface area contributed by atoms with Crippen molar-refractivity contribution in [3.63, 3.8) is 0 Å². The Morgan fingerprint density at radius 1 is 0.406 bits per heavy atom. The highest BCUT2D eigenvalue weighted by molar-refractivity contribution is 7.87. The van der Waals surface area contributed by atoms with Crippen molar-refractivity contribution < 1.29 is 101 Å². The SMILES string of the molecule is CC1OC(C)(CCC2C(S(=O)(=O)O)C(C)(CCC3(C)C(C)OC(C)(CCC4C(S(=O)(=O)O)C(C)(O)OC(C)C4(C)O)C(S(=O)(=O)O)C3O)OC(C)C2(C)O)C(S(=O)(=O)O)C(O)C1(C)O. The molecule has 4 aliphatic rings. The zero-order chi connectivity index (χ0) is 50.0. The second-order valence-electron chi connectivity index (χ2n) is 20.6. The average molecular weight is 1010 g/mol. The Morgan fingerprint density at radius 2 is 0.719 bits per heavy atom. The predicted molar refractivity (Wildman–Crippen MR) is 226 cm³/mol. The Bertz CT molecular complexity index is 2200. The number of rotatable bonds is 13. The lowest BCUT2D eigenvalue weighted by molar-refractivity contribution is -0.302. The van der Waals surface area contributed by atoms with E-state index in [-0.39, 0.29) is 6.42 Å². The summed E-state index contributed by atoms with van der Waals surface area (Å²) in [6, 6.07) is 0. The number of ether oxygens (including phenoxy) is 4. The molecule has 20 atom stereocenters. The maximum atomic E-state index is 13.5. The molecule has 0 aromatic heterocycles. The minimum absolute atomic E-state index is 0.355. The van der Waals surface area contributed by atoms with Gasteiger partial charge >= 0.3 is 0 Å². The van der Waals surface area contributed by atoms with Gasteiger partial charge < -0.3 is 49.6 Å². The summed E-state index contributed by atoms with van der Waals surface area (Å²) in [5, 5.41) is 59.7. The highest BCUT2D eigenvalue weighted by atomic mass is 32.2. The molecule has 4 saturated heterocycles. The van der Waals surface area contributed by atoms with E-state index in [2.05, 4.69) is 0 Å². The van der Waals surface area contributed by atoms with Gasteiger partial charge in [-0.05, 0) is 115 Å². The lowest BCUT2D eigenvalue weighted by Gasteiger charge is -2.58. The lowest BCUT2D eigenvalue weighted by Crippen LogP contribution is -2.71. The first-order chi connectivity index (χ1) is 28.2. The van der Waals surface area contributed by atoms with Crippen LogP contribution in [0.1, 0.15) is 122 Å². The molecule has 378 valence electrons. The second kappa shape index (κ2) is 17.0. The van der Waals surface area contributed by atoms with Crippen LogP contribution in [0.15, 0.2) is 0 Å². The van der Waals surface area contributed by atoms with Crippen molar-refractivity contribution in [3.8, 4) is 0 Å². The van der Waals surface area contributed by atoms with Gasteiger partial charge in [0, 0.05) is 17.3 Å². The summed E-state index contributed by atoms with van der Waals surface area (Å²) in [4.78, 5) is 0. The zero-order valence-electron chi connectivity index (χ0n) is 38.2. The lowest BCUT2D eigenvalue weighted by atomic mass is 9.64. The number of hydrogen-bond acceptors (Lipinski definition) is 18. The molecule has 0 aliphatic carbocycles. The van der Waals surface area contributed by atoms with E-state index < -0.39 is 187 Å². The largest absolute Gasteiger partial charge is 0.391 e. The second-order valence-corrected chi connectivity index (χ2v) is 26.8. The summed E-state index contributed by atoms with van der Waals surface area (Å²) in [6.07, 6.45) is -11.7. The van der Waals surface area contributed by atoms with Crippen LogP contribution in [-0.4, -0.2) is 180 Å². The van der Waals surface area contributed by atoms with Crippen LogP contribution in [0.4, 0.5) is 0 Å². The summed E-state index contributed by atoms with van der Waals surface area (Å²) < 4.78 is 170. The van der Waals surface area contributed by atoms with E-state index in [0.717, 1.165) is 13.8 Å². The fourth-order valence-electron chi connectivity index (χ4n) is 11.4. The quantitative estimate of drug-likeness (QED) is 0.110. The van der Waals surface area contributed by atoms with Gasteiger partial charge in [0.1, 0.15) is 32.7 Å². The molecule has 0 radical (unpaired) electrons. The molecule has 22 nitrogen and oxygen atoms in total. The fourth-order valence-corrected chi connectivity index (χ4v) is 17.3. The third-order valence-electron chi connectivity index (χ3n) is 15.9. The molecule has 0 aromatic carbocycles. The summed E-state index contributed by atoms with van der Waals surface area (Å²) in [5.41, 5.74) is -14.1. The fraction of sp³-hybridized carbons (Fsp3) is 1.00. The van der Waals surface area contributed by atoms with Crippen LogP contribution in [0.5, 0.6) is 0 Å². The predicted octanol–water partition coefficient (Wildman–Crippen LogP) is 0.226. The van der Waals surface area contributed by atoms with Crippen LogP contribution in [0.25, 0.3) is 0 Å². The highest BCUT2D eigenvalue weighted by Gasteiger charge is 2.67. The monoisotopic (exact) mass is 1010 g/mol. The summed E-state index contributed by atoms with van der Waals surface area (Å²) in [7, 11) is -20.9. The molecule has 4 aliphatic heterocycles. The molecule has 4 heterocycles. The van der Waals surface area contributed by atoms with Gasteiger partial charge in [0.25, 0.3) is 40.5 Å². The molecular formula is C38H70O22S4. The summed E-state index contributed by atoms with van der Waals surface area (Å²) in [6.45, 7) is 15.2. The van der Waals surface area contributed by atoms with E-state index in [0.29, 0.717) is 0 Å². The Labute approximate surface area is 376 Å². The van der Waals surface area contributed by atoms with Crippen molar-refractivity contribution in [2.24, 2.45) is 17.3 Å². The normalized spacial score (nSPS) is 51.2. The minimum atomic E-state index is -5.30. The van der Waals surface area contributed by atoms with Crippen molar-refractivity contribution in [1.29, 1.82) is 0 Å². The highest BCUT2D eigenvalue weighted by Crippen LogP contribution is 2.54. The van der Waals surface area contributed by atoms with Gasteiger partial charge in [-0.1, -0.05) is 6.92 Å². The van der Waals surface area contributed by atoms with E-state index in [4.69, 9.17) is 18.9 Å². The molecule has 64 heavy (non-hydrogen) atoms. The van der Waals surface area contributed by atoms with Gasteiger partial charge in [0.2, 0.25) is 0 Å². The molecule has 0 bridgehead atoms. The van der Waals surface area contributed by atoms with E-state index in [1.54, 1.807) is 0 Å². The Kier molecular flexibility index (Phi) is 14.8. The third-order valence-corrected chi connectivity index (χ3v) is 21.6. The van der Waals surface area contributed by atoms with Crippen molar-refractivity contribution in [2.75, 3.05) is 0 Å². The topological polar surface area (TPSA) is 376 Å². The Balaban J connectivity index is 1.71. The summed E-state index contributed by atoms with van der Waals surface area (Å²) in [5.74, 6) is -5.58. The molecule has 4 rings (SSSR count). The molecular weight excluding hydrogens is 937 g/mol. The number of aliphatic hydroxyl groups excluding tert-OH is 2. The van der Waals surface area contributed by atoms with Gasteiger partial charge in [0.15, 0.2) is 5.79 Å². The van der Waals surface area contributed by atoms with Gasteiger partial charge in [0.05, 0.1) is 58.5 Å². The maximum Gasteiger partial charge on any atom is 0.273 e. The molecule has 0 aromatic rings. The molecule has 0 spiro atoms. The van der Waals surface area contributed by atoms with Crippen LogP contribution in [0.3, 0.4) is 0 Å².